The number of nitrogens with one attached hydrogen (secondary N) is 1. The van der Waals surface area contributed by atoms with Gasteiger partial charge in [0.25, 0.3) is 0 Å². The lowest BCUT2D eigenvalue weighted by molar-refractivity contribution is 0.0293. The molecule has 0 aliphatic carbocycles. The molecule has 1 unspecified atom stereocenters. The lowest BCUT2D eigenvalue weighted by Crippen LogP contribution is -2.36. The number of nitrogens with zero attached hydrogens (tertiary/aromatic N) is 3. The molecule has 1 N–H and O–H groups in total. The summed E-state index contributed by atoms with van der Waals surface area (Å²) in [6.45, 7) is 9.97. The van der Waals surface area contributed by atoms with Crippen molar-refractivity contribution in [2.24, 2.45) is 0 Å². The number of hydrogen-bond donors (Lipinski definition) is 1. The van der Waals surface area contributed by atoms with E-state index in [1.165, 1.54) is 0 Å². The van der Waals surface area contributed by atoms with E-state index in [-0.39, 0.29) is 12.1 Å². The van der Waals surface area contributed by atoms with Crippen LogP contribution in [-0.2, 0) is 11.3 Å². The molecular weight excluding hydrogens is 256 g/mol. The van der Waals surface area contributed by atoms with E-state index in [1.807, 2.05) is 37.8 Å². The van der Waals surface area contributed by atoms with Crippen molar-refractivity contribution in [3.8, 4) is 0 Å². The number of rotatable bonds is 3. The molecule has 1 aromatic heterocycles. The topological polar surface area (TPSA) is 59.4 Å². The quantitative estimate of drug-likeness (QED) is 0.923. The van der Waals surface area contributed by atoms with Gasteiger partial charge >= 0.3 is 6.09 Å². The summed E-state index contributed by atoms with van der Waals surface area (Å²) >= 11 is 0. The zero-order valence-electron chi connectivity index (χ0n) is 12.7. The molecule has 6 heteroatoms. The molecule has 6 nitrogen and oxygen atoms in total. The first-order valence-corrected chi connectivity index (χ1v) is 7.14. The van der Waals surface area contributed by atoms with E-state index in [0.717, 1.165) is 25.2 Å². The molecule has 0 radical (unpaired) electrons. The predicted octanol–water partition coefficient (Wildman–Crippen LogP) is 2.32. The van der Waals surface area contributed by atoms with Gasteiger partial charge in [-0.1, -0.05) is 0 Å². The average Bonchev–Trinajstić information content (AvgIpc) is 2.96. The van der Waals surface area contributed by atoms with Crippen molar-refractivity contribution in [2.45, 2.75) is 52.3 Å². The molecule has 2 heterocycles. The first kappa shape index (κ1) is 14.7. The number of hydrogen-bond acceptors (Lipinski definition) is 4. The Kier molecular flexibility index (Phi) is 4.20. The first-order chi connectivity index (χ1) is 9.37. The van der Waals surface area contributed by atoms with Crippen molar-refractivity contribution in [3.05, 3.63) is 12.4 Å². The maximum Gasteiger partial charge on any atom is 0.410 e. The molecule has 1 saturated heterocycles. The molecule has 0 bridgehead atoms. The standard InChI is InChI=1S/C14H24N4O2/c1-5-18-10-12(8-15-18)16-11-6-7-17(9-11)13(19)20-14(2,3)4/h8,10-11,16H,5-7,9H2,1-4H3. The van der Waals surface area contributed by atoms with Crippen LogP contribution in [0.5, 0.6) is 0 Å². The second kappa shape index (κ2) is 5.73. The molecule has 20 heavy (non-hydrogen) atoms. The lowest BCUT2D eigenvalue weighted by atomic mass is 10.2. The van der Waals surface area contributed by atoms with Gasteiger partial charge in [0.05, 0.1) is 11.9 Å². The number of likely N-dealkylation sites (tertiary alicyclic amines) is 1. The van der Waals surface area contributed by atoms with Crippen LogP contribution in [0.1, 0.15) is 34.1 Å². The van der Waals surface area contributed by atoms with Gasteiger partial charge in [0.15, 0.2) is 0 Å². The largest absolute Gasteiger partial charge is 0.444 e. The summed E-state index contributed by atoms with van der Waals surface area (Å²) in [7, 11) is 0. The highest BCUT2D eigenvalue weighted by Crippen LogP contribution is 2.18. The van der Waals surface area contributed by atoms with Crippen molar-refractivity contribution in [1.82, 2.24) is 14.7 Å². The zero-order chi connectivity index (χ0) is 14.8. The van der Waals surface area contributed by atoms with Gasteiger partial charge in [0, 0.05) is 31.9 Å². The summed E-state index contributed by atoms with van der Waals surface area (Å²) in [6, 6.07) is 0.261. The molecular formula is C14H24N4O2. The molecule has 2 rings (SSSR count). The Labute approximate surface area is 120 Å². The number of amides is 1. The monoisotopic (exact) mass is 280 g/mol. The number of ether oxygens (including phenoxy) is 1. The van der Waals surface area contributed by atoms with Crippen molar-refractivity contribution in [1.29, 1.82) is 0 Å². The molecule has 0 spiro atoms. The fourth-order valence-corrected chi connectivity index (χ4v) is 2.22. The number of anilines is 1. The first-order valence-electron chi connectivity index (χ1n) is 7.14. The van der Waals surface area contributed by atoms with Crippen molar-refractivity contribution < 1.29 is 9.53 Å². The van der Waals surface area contributed by atoms with Gasteiger partial charge in [-0.25, -0.2) is 4.79 Å². The van der Waals surface area contributed by atoms with Crippen molar-refractivity contribution in [2.75, 3.05) is 18.4 Å². The Balaban J connectivity index is 1.84. The summed E-state index contributed by atoms with van der Waals surface area (Å²) in [5, 5.41) is 7.64. The van der Waals surface area contributed by atoms with Crippen molar-refractivity contribution in [3.63, 3.8) is 0 Å². The van der Waals surface area contributed by atoms with Crippen LogP contribution >= 0.6 is 0 Å². The van der Waals surface area contributed by atoms with Crippen LogP contribution < -0.4 is 5.32 Å². The average molecular weight is 280 g/mol. The normalized spacial score (nSPS) is 19.2. The van der Waals surface area contributed by atoms with E-state index in [9.17, 15) is 4.79 Å². The maximum atomic E-state index is 12.0. The van der Waals surface area contributed by atoms with E-state index in [4.69, 9.17) is 4.74 Å². The van der Waals surface area contributed by atoms with Crippen LogP contribution in [0, 0.1) is 0 Å². The Bertz CT molecular complexity index is 464. The maximum absolute atomic E-state index is 12.0. The van der Waals surface area contributed by atoms with Crippen LogP contribution in [0.3, 0.4) is 0 Å². The van der Waals surface area contributed by atoms with Gasteiger partial charge in [0.2, 0.25) is 0 Å². The summed E-state index contributed by atoms with van der Waals surface area (Å²) in [4.78, 5) is 13.7. The smallest absolute Gasteiger partial charge is 0.410 e. The lowest BCUT2D eigenvalue weighted by Gasteiger charge is -2.24. The van der Waals surface area contributed by atoms with E-state index >= 15 is 0 Å². The Morgan fingerprint density at radius 1 is 1.55 bits per heavy atom. The fraction of sp³-hybridized carbons (Fsp3) is 0.714. The Morgan fingerprint density at radius 3 is 2.90 bits per heavy atom. The SMILES string of the molecule is CCn1cc(NC2CCN(C(=O)OC(C)(C)C)C2)cn1. The molecule has 1 aromatic rings. The summed E-state index contributed by atoms with van der Waals surface area (Å²) in [5.74, 6) is 0. The van der Waals surface area contributed by atoms with Crippen LogP contribution in [0.25, 0.3) is 0 Å². The van der Waals surface area contributed by atoms with Crippen LogP contribution in [0.15, 0.2) is 12.4 Å². The fourth-order valence-electron chi connectivity index (χ4n) is 2.22. The minimum Gasteiger partial charge on any atom is -0.444 e. The minimum absolute atomic E-state index is 0.231. The number of aromatic nitrogens is 2. The second-order valence-corrected chi connectivity index (χ2v) is 6.14. The molecule has 1 aliphatic rings. The van der Waals surface area contributed by atoms with E-state index in [0.29, 0.717) is 6.54 Å². The van der Waals surface area contributed by atoms with Crippen LogP contribution in [0.4, 0.5) is 10.5 Å². The third kappa shape index (κ3) is 3.88. The highest BCUT2D eigenvalue weighted by atomic mass is 16.6. The molecule has 0 saturated carbocycles. The highest BCUT2D eigenvalue weighted by molar-refractivity contribution is 5.68. The Hall–Kier alpha value is -1.72. The third-order valence-electron chi connectivity index (χ3n) is 3.17. The third-order valence-corrected chi connectivity index (χ3v) is 3.17. The van der Waals surface area contributed by atoms with Gasteiger partial charge in [-0.2, -0.15) is 5.10 Å². The molecule has 1 fully saturated rings. The zero-order valence-corrected chi connectivity index (χ0v) is 12.7. The van der Waals surface area contributed by atoms with Crippen LogP contribution in [0.2, 0.25) is 0 Å². The molecule has 1 aliphatic heterocycles. The molecule has 1 amide bonds. The molecule has 112 valence electrons. The summed E-state index contributed by atoms with van der Waals surface area (Å²) < 4.78 is 7.26. The van der Waals surface area contributed by atoms with Gasteiger partial charge in [0.1, 0.15) is 5.60 Å². The van der Waals surface area contributed by atoms with Gasteiger partial charge in [-0.05, 0) is 34.1 Å². The molecule has 1 atom stereocenters. The van der Waals surface area contributed by atoms with E-state index in [1.54, 1.807) is 4.90 Å². The molecule has 0 aromatic carbocycles. The number of carbonyl (C=O) groups is 1. The van der Waals surface area contributed by atoms with Gasteiger partial charge < -0.3 is 15.0 Å². The highest BCUT2D eigenvalue weighted by Gasteiger charge is 2.29. The second-order valence-electron chi connectivity index (χ2n) is 6.14. The van der Waals surface area contributed by atoms with E-state index < -0.39 is 5.60 Å². The number of aryl methyl sites for hydroxylation is 1. The Morgan fingerprint density at radius 2 is 2.30 bits per heavy atom. The minimum atomic E-state index is -0.440. The van der Waals surface area contributed by atoms with Crippen LogP contribution in [-0.4, -0.2) is 45.5 Å². The predicted molar refractivity (Wildman–Crippen MR) is 77.7 cm³/mol. The summed E-state index contributed by atoms with van der Waals surface area (Å²) in [5.41, 5.74) is 0.563. The van der Waals surface area contributed by atoms with E-state index in [2.05, 4.69) is 17.3 Å². The van der Waals surface area contributed by atoms with Gasteiger partial charge in [-0.15, -0.1) is 0 Å². The summed E-state index contributed by atoms with van der Waals surface area (Å²) in [6.07, 6.45) is 4.50. The van der Waals surface area contributed by atoms with Crippen molar-refractivity contribution >= 4 is 11.8 Å². The number of carbonyl (C=O) groups excluding carboxylic acids is 1. The van der Waals surface area contributed by atoms with Gasteiger partial charge in [-0.3, -0.25) is 4.68 Å².